The Bertz CT molecular complexity index is 1490. The monoisotopic (exact) mass is 505 g/mol. The SMILES string of the molecule is Cc1nc2scc(CC(=O)N3CCC4(CC3)OCCO4)n2c(=O)c1-c1cc(C)n(-c2ccccc2)n1. The van der Waals surface area contributed by atoms with Crippen molar-refractivity contribution in [1.29, 1.82) is 0 Å². The Labute approximate surface area is 211 Å². The first-order chi connectivity index (χ1) is 17.4. The topological polar surface area (TPSA) is 91.0 Å². The summed E-state index contributed by atoms with van der Waals surface area (Å²) in [7, 11) is 0. The average molecular weight is 506 g/mol. The highest BCUT2D eigenvalue weighted by Gasteiger charge is 2.40. The molecule has 0 unspecified atom stereocenters. The van der Waals surface area contributed by atoms with Crippen LogP contribution in [0.15, 0.2) is 46.6 Å². The van der Waals surface area contributed by atoms with Crippen molar-refractivity contribution in [2.75, 3.05) is 26.3 Å². The van der Waals surface area contributed by atoms with Gasteiger partial charge in [-0.3, -0.25) is 14.0 Å². The summed E-state index contributed by atoms with van der Waals surface area (Å²) in [4.78, 5) is 34.0. The molecule has 1 amide bonds. The molecule has 36 heavy (non-hydrogen) atoms. The van der Waals surface area contributed by atoms with Gasteiger partial charge in [0.1, 0.15) is 5.69 Å². The highest BCUT2D eigenvalue weighted by atomic mass is 32.1. The number of amides is 1. The molecule has 4 aromatic rings. The molecular formula is C26H27N5O4S. The molecule has 9 nitrogen and oxygen atoms in total. The Morgan fingerprint density at radius 1 is 1.11 bits per heavy atom. The molecule has 5 heterocycles. The van der Waals surface area contributed by atoms with Gasteiger partial charge < -0.3 is 14.4 Å². The van der Waals surface area contributed by atoms with E-state index in [1.165, 1.54) is 11.3 Å². The van der Waals surface area contributed by atoms with Crippen LogP contribution in [0.4, 0.5) is 0 Å². The van der Waals surface area contributed by atoms with E-state index in [2.05, 4.69) is 4.98 Å². The molecule has 2 aliphatic heterocycles. The Kier molecular flexibility index (Phi) is 5.74. The second kappa shape index (κ2) is 8.95. The molecule has 10 heteroatoms. The van der Waals surface area contributed by atoms with E-state index in [4.69, 9.17) is 14.6 Å². The number of hydrogen-bond acceptors (Lipinski definition) is 7. The van der Waals surface area contributed by atoms with Gasteiger partial charge in [-0.25, -0.2) is 9.67 Å². The summed E-state index contributed by atoms with van der Waals surface area (Å²) in [5, 5.41) is 6.58. The number of rotatable bonds is 4. The fourth-order valence-corrected chi connectivity index (χ4v) is 6.03. The maximum Gasteiger partial charge on any atom is 0.268 e. The number of piperidine rings is 1. The van der Waals surface area contributed by atoms with E-state index in [0.717, 1.165) is 11.4 Å². The summed E-state index contributed by atoms with van der Waals surface area (Å²) in [6.07, 6.45) is 1.46. The Hall–Kier alpha value is -3.34. The molecular weight excluding hydrogens is 478 g/mol. The van der Waals surface area contributed by atoms with Crippen LogP contribution in [0.25, 0.3) is 21.9 Å². The van der Waals surface area contributed by atoms with E-state index in [1.54, 1.807) is 4.40 Å². The maximum atomic E-state index is 13.7. The van der Waals surface area contributed by atoms with Gasteiger partial charge in [0.15, 0.2) is 10.7 Å². The minimum absolute atomic E-state index is 0.0132. The van der Waals surface area contributed by atoms with Crippen LogP contribution in [0.3, 0.4) is 0 Å². The average Bonchev–Trinajstić information content (AvgIpc) is 3.60. The minimum Gasteiger partial charge on any atom is -0.347 e. The molecule has 1 aromatic carbocycles. The first kappa shape index (κ1) is 23.1. The van der Waals surface area contributed by atoms with Crippen LogP contribution in [0, 0.1) is 13.8 Å². The van der Waals surface area contributed by atoms with E-state index in [0.29, 0.717) is 66.8 Å². The first-order valence-corrected chi connectivity index (χ1v) is 13.0. The molecule has 1 spiro atoms. The Morgan fingerprint density at radius 3 is 2.56 bits per heavy atom. The van der Waals surface area contributed by atoms with Crippen molar-refractivity contribution in [1.82, 2.24) is 24.1 Å². The number of aryl methyl sites for hydroxylation is 2. The zero-order valence-corrected chi connectivity index (χ0v) is 21.1. The van der Waals surface area contributed by atoms with Crippen LogP contribution in [0.2, 0.25) is 0 Å². The molecule has 0 radical (unpaired) electrons. The summed E-state index contributed by atoms with van der Waals surface area (Å²) in [5.41, 5.74) is 3.92. The number of hydrogen-bond donors (Lipinski definition) is 0. The standard InChI is InChI=1S/C26H27N5O4S/c1-17-14-21(28-31(17)19-6-4-3-5-7-19)23-18(2)27-25-30(24(23)33)20(16-36-25)15-22(32)29-10-8-26(9-11-29)34-12-13-35-26/h3-7,14,16H,8-13,15H2,1-2H3. The summed E-state index contributed by atoms with van der Waals surface area (Å²) in [6.45, 7) is 6.16. The number of ether oxygens (including phenoxy) is 2. The van der Waals surface area contributed by atoms with E-state index in [1.807, 2.05) is 65.2 Å². The zero-order chi connectivity index (χ0) is 24.9. The van der Waals surface area contributed by atoms with Crippen LogP contribution in [-0.4, -0.2) is 62.1 Å². The largest absolute Gasteiger partial charge is 0.347 e. The van der Waals surface area contributed by atoms with Gasteiger partial charge in [0.25, 0.3) is 5.56 Å². The number of aromatic nitrogens is 4. The smallest absolute Gasteiger partial charge is 0.268 e. The lowest BCUT2D eigenvalue weighted by Crippen LogP contribution is -2.47. The summed E-state index contributed by atoms with van der Waals surface area (Å²) in [5.74, 6) is -0.541. The molecule has 186 valence electrons. The van der Waals surface area contributed by atoms with E-state index >= 15 is 0 Å². The molecule has 3 aromatic heterocycles. The number of benzene rings is 1. The summed E-state index contributed by atoms with van der Waals surface area (Å²) >= 11 is 1.37. The maximum absolute atomic E-state index is 13.7. The van der Waals surface area contributed by atoms with Crippen LogP contribution < -0.4 is 5.56 Å². The second-order valence-electron chi connectivity index (χ2n) is 9.31. The van der Waals surface area contributed by atoms with Gasteiger partial charge in [-0.15, -0.1) is 11.3 Å². The van der Waals surface area contributed by atoms with E-state index in [-0.39, 0.29) is 17.9 Å². The van der Waals surface area contributed by atoms with Crippen LogP contribution in [-0.2, 0) is 20.7 Å². The van der Waals surface area contributed by atoms with Gasteiger partial charge >= 0.3 is 0 Å². The predicted octanol–water partition coefficient (Wildman–Crippen LogP) is 3.13. The molecule has 0 N–H and O–H groups in total. The number of para-hydroxylation sites is 1. The fourth-order valence-electron chi connectivity index (χ4n) is 5.10. The lowest BCUT2D eigenvalue weighted by Gasteiger charge is -2.37. The molecule has 0 bridgehead atoms. The van der Waals surface area contributed by atoms with Crippen molar-refractivity contribution in [2.24, 2.45) is 0 Å². The van der Waals surface area contributed by atoms with Crippen LogP contribution in [0.1, 0.15) is 29.9 Å². The zero-order valence-electron chi connectivity index (χ0n) is 20.3. The fraction of sp³-hybridized carbons (Fsp3) is 0.385. The molecule has 2 aliphatic rings. The van der Waals surface area contributed by atoms with Gasteiger partial charge in [-0.1, -0.05) is 18.2 Å². The number of thiazole rings is 1. The summed E-state index contributed by atoms with van der Waals surface area (Å²) in [6, 6.07) is 11.7. The number of carbonyl (C=O) groups is 1. The summed E-state index contributed by atoms with van der Waals surface area (Å²) < 4.78 is 14.9. The van der Waals surface area contributed by atoms with Gasteiger partial charge in [0.2, 0.25) is 5.91 Å². The number of carbonyl (C=O) groups excluding carboxylic acids is 1. The third kappa shape index (κ3) is 3.95. The second-order valence-corrected chi connectivity index (χ2v) is 10.1. The van der Waals surface area contributed by atoms with Crippen LogP contribution >= 0.6 is 11.3 Å². The van der Waals surface area contributed by atoms with Gasteiger partial charge in [0.05, 0.1) is 36.6 Å². The van der Waals surface area contributed by atoms with Crippen molar-refractivity contribution in [3.8, 4) is 16.9 Å². The van der Waals surface area contributed by atoms with Crippen molar-refractivity contribution >= 4 is 22.2 Å². The number of nitrogens with zero attached hydrogens (tertiary/aromatic N) is 5. The molecule has 2 fully saturated rings. The number of likely N-dealkylation sites (tertiary alicyclic amines) is 1. The third-order valence-corrected chi connectivity index (χ3v) is 7.86. The molecule has 2 saturated heterocycles. The quantitative estimate of drug-likeness (QED) is 0.423. The van der Waals surface area contributed by atoms with Gasteiger partial charge in [0, 0.05) is 42.7 Å². The van der Waals surface area contributed by atoms with Crippen molar-refractivity contribution in [3.05, 3.63) is 69.2 Å². The van der Waals surface area contributed by atoms with Crippen molar-refractivity contribution < 1.29 is 14.3 Å². The molecule has 0 aliphatic carbocycles. The van der Waals surface area contributed by atoms with Crippen LogP contribution in [0.5, 0.6) is 0 Å². The number of fused-ring (bicyclic) bond motifs is 1. The predicted molar refractivity (Wildman–Crippen MR) is 136 cm³/mol. The van der Waals surface area contributed by atoms with Gasteiger partial charge in [-0.05, 0) is 32.0 Å². The lowest BCUT2D eigenvalue weighted by atomic mass is 10.0. The Balaban J connectivity index is 1.30. The van der Waals surface area contributed by atoms with E-state index < -0.39 is 5.79 Å². The normalized spacial score (nSPS) is 17.3. The highest BCUT2D eigenvalue weighted by Crippen LogP contribution is 2.31. The highest BCUT2D eigenvalue weighted by molar-refractivity contribution is 7.15. The van der Waals surface area contributed by atoms with Crippen molar-refractivity contribution in [3.63, 3.8) is 0 Å². The van der Waals surface area contributed by atoms with E-state index in [9.17, 15) is 9.59 Å². The first-order valence-electron chi connectivity index (χ1n) is 12.1. The van der Waals surface area contributed by atoms with Crippen molar-refractivity contribution in [2.45, 2.75) is 38.9 Å². The molecule has 0 atom stereocenters. The lowest BCUT2D eigenvalue weighted by molar-refractivity contribution is -0.187. The minimum atomic E-state index is -0.527. The third-order valence-electron chi connectivity index (χ3n) is 6.99. The molecule has 6 rings (SSSR count). The molecule has 0 saturated carbocycles. The van der Waals surface area contributed by atoms with Gasteiger partial charge in [-0.2, -0.15) is 5.10 Å². The Morgan fingerprint density at radius 2 is 1.83 bits per heavy atom.